The third kappa shape index (κ3) is 6.53. The minimum Gasteiger partial charge on any atom is -0.425 e. The molecule has 0 atom stereocenters. The molecule has 3 aromatic heterocycles. The Morgan fingerprint density at radius 1 is 0.727 bits per heavy atom. The molecule has 0 bridgehead atoms. The van der Waals surface area contributed by atoms with E-state index in [9.17, 15) is 19.2 Å². The van der Waals surface area contributed by atoms with Gasteiger partial charge in [0.15, 0.2) is 11.5 Å². The molecule has 44 heavy (non-hydrogen) atoms. The molecule has 2 aliphatic carbocycles. The van der Waals surface area contributed by atoms with Crippen molar-refractivity contribution >= 4 is 77.1 Å². The Balaban J connectivity index is 1.28. The molecule has 0 amide bonds. The van der Waals surface area contributed by atoms with Gasteiger partial charge >= 0.3 is 11.9 Å². The lowest BCUT2D eigenvalue weighted by Crippen LogP contribution is -2.28. The van der Waals surface area contributed by atoms with E-state index in [1.54, 1.807) is 37.3 Å². The van der Waals surface area contributed by atoms with E-state index in [0.29, 0.717) is 73.1 Å². The average molecular weight is 652 g/mol. The summed E-state index contributed by atoms with van der Waals surface area (Å²) < 4.78 is 15.1. The van der Waals surface area contributed by atoms with Crippen LogP contribution < -0.4 is 9.47 Å². The van der Waals surface area contributed by atoms with E-state index in [1.807, 2.05) is 11.3 Å². The van der Waals surface area contributed by atoms with Crippen LogP contribution in [0.1, 0.15) is 83.4 Å². The largest absolute Gasteiger partial charge is 0.425 e. The van der Waals surface area contributed by atoms with Gasteiger partial charge in [0.25, 0.3) is 0 Å². The third-order valence-corrected chi connectivity index (χ3v) is 12.7. The van der Waals surface area contributed by atoms with Crippen molar-refractivity contribution in [2.24, 2.45) is 23.7 Å². The van der Waals surface area contributed by atoms with Gasteiger partial charge in [0.2, 0.25) is 0 Å². The van der Waals surface area contributed by atoms with Crippen molar-refractivity contribution in [1.82, 2.24) is 4.98 Å². The van der Waals surface area contributed by atoms with E-state index in [4.69, 9.17) is 14.5 Å². The molecule has 0 radical (unpaired) electrons. The molecule has 6 rings (SSSR count). The van der Waals surface area contributed by atoms with Crippen LogP contribution in [0.4, 0.5) is 0 Å². The summed E-state index contributed by atoms with van der Waals surface area (Å²) in [4.78, 5) is 57.4. The van der Waals surface area contributed by atoms with Crippen LogP contribution in [0.2, 0.25) is 0 Å². The number of aryl methyl sites for hydroxylation is 1. The number of hydrogen-bond donors (Lipinski definition) is 0. The van der Waals surface area contributed by atoms with Crippen LogP contribution in [-0.2, 0) is 25.6 Å². The maximum atomic E-state index is 13.2. The summed E-state index contributed by atoms with van der Waals surface area (Å²) >= 11 is 4.94. The Bertz CT molecular complexity index is 1600. The smallest absolute Gasteiger partial charge is 0.314 e. The molecule has 0 unspecified atom stereocenters. The summed E-state index contributed by atoms with van der Waals surface area (Å²) in [6.07, 6.45) is 7.50. The first kappa shape index (κ1) is 31.0. The maximum Gasteiger partial charge on any atom is 0.314 e. The standard InChI is InChI=1S/C34H37NO6S3/c1-4-5-24-16-27-28(42-24)17-29(43-27)32-35-30-25(40-33(38)22-10-6-20(7-11-22)18(2)36)14-15-26(31(30)44-32)41-34(39)23-12-8-21(9-13-23)19(3)37/h14-17,20-23H,4-13H2,1-3H3. The van der Waals surface area contributed by atoms with Gasteiger partial charge < -0.3 is 9.47 Å². The monoisotopic (exact) mass is 651 g/mol. The first-order valence-corrected chi connectivity index (χ1v) is 18.1. The SMILES string of the molecule is CCCc1cc2sc(-c3nc4c(OC(=O)C5CCC(C(C)=O)CC5)ccc(OC(=O)C5CCC(C(C)=O)CC5)c4s3)cc2s1. The highest BCUT2D eigenvalue weighted by Gasteiger charge is 2.32. The van der Waals surface area contributed by atoms with Gasteiger partial charge in [0.05, 0.1) is 16.7 Å². The van der Waals surface area contributed by atoms with Gasteiger partial charge in [-0.2, -0.15) is 0 Å². The zero-order valence-electron chi connectivity index (χ0n) is 25.3. The number of fused-ring (bicyclic) bond motifs is 2. The topological polar surface area (TPSA) is 99.6 Å². The van der Waals surface area contributed by atoms with E-state index in [1.165, 1.54) is 25.6 Å². The summed E-state index contributed by atoms with van der Waals surface area (Å²) in [5, 5.41) is 0.787. The van der Waals surface area contributed by atoms with Crippen molar-refractivity contribution in [2.75, 3.05) is 0 Å². The molecule has 2 aliphatic rings. The van der Waals surface area contributed by atoms with Crippen LogP contribution >= 0.6 is 34.0 Å². The van der Waals surface area contributed by atoms with Crippen molar-refractivity contribution in [1.29, 1.82) is 0 Å². The summed E-state index contributed by atoms with van der Waals surface area (Å²) in [5.41, 5.74) is 0.504. The number of aromatic nitrogens is 1. The number of rotatable bonds is 9. The van der Waals surface area contributed by atoms with Crippen LogP contribution in [-0.4, -0.2) is 28.5 Å². The summed E-state index contributed by atoms with van der Waals surface area (Å²) in [6, 6.07) is 7.79. The van der Waals surface area contributed by atoms with Crippen molar-refractivity contribution in [3.63, 3.8) is 0 Å². The molecule has 2 saturated carbocycles. The van der Waals surface area contributed by atoms with Crippen LogP contribution in [0.25, 0.3) is 29.5 Å². The fraction of sp³-hybridized carbons (Fsp3) is 0.500. The predicted molar refractivity (Wildman–Crippen MR) is 176 cm³/mol. The molecule has 0 saturated heterocycles. The number of hydrogen-bond acceptors (Lipinski definition) is 10. The van der Waals surface area contributed by atoms with Gasteiger partial charge in [-0.3, -0.25) is 19.2 Å². The minimum atomic E-state index is -0.310. The highest BCUT2D eigenvalue weighted by atomic mass is 32.1. The van der Waals surface area contributed by atoms with Crippen LogP contribution in [0, 0.1) is 23.7 Å². The second kappa shape index (κ2) is 13.2. The Hall–Kier alpha value is -2.95. The predicted octanol–water partition coefficient (Wildman–Crippen LogP) is 8.79. The molecule has 0 spiro atoms. The van der Waals surface area contributed by atoms with Crippen molar-refractivity contribution in [2.45, 2.75) is 85.0 Å². The van der Waals surface area contributed by atoms with Gasteiger partial charge in [-0.15, -0.1) is 34.0 Å². The van der Waals surface area contributed by atoms with Crippen LogP contribution in [0.15, 0.2) is 24.3 Å². The zero-order valence-corrected chi connectivity index (χ0v) is 27.8. The number of Topliss-reactive ketones (excluding diaryl/α,β-unsaturated/α-hetero) is 2. The molecule has 3 heterocycles. The van der Waals surface area contributed by atoms with E-state index in [-0.39, 0.29) is 47.2 Å². The fourth-order valence-corrected chi connectivity index (χ4v) is 10.0. The molecular weight excluding hydrogens is 615 g/mol. The highest BCUT2D eigenvalue weighted by Crippen LogP contribution is 2.45. The molecule has 1 aromatic carbocycles. The lowest BCUT2D eigenvalue weighted by atomic mass is 9.80. The van der Waals surface area contributed by atoms with Gasteiger partial charge in [0, 0.05) is 26.1 Å². The minimum absolute atomic E-state index is 0.0248. The number of esters is 2. The third-order valence-electron chi connectivity index (χ3n) is 9.13. The van der Waals surface area contributed by atoms with Crippen molar-refractivity contribution in [3.05, 3.63) is 29.1 Å². The molecule has 7 nitrogen and oxygen atoms in total. The average Bonchev–Trinajstić information content (AvgIpc) is 3.72. The first-order chi connectivity index (χ1) is 21.2. The van der Waals surface area contributed by atoms with Gasteiger partial charge in [0.1, 0.15) is 26.8 Å². The summed E-state index contributed by atoms with van der Waals surface area (Å²) in [6.45, 7) is 5.42. The maximum absolute atomic E-state index is 13.2. The zero-order chi connectivity index (χ0) is 31.0. The number of carbonyl (C=O) groups is 4. The number of nitrogens with zero attached hydrogens (tertiary/aromatic N) is 1. The number of benzene rings is 1. The fourth-order valence-electron chi connectivity index (χ4n) is 6.44. The Morgan fingerprint density at radius 2 is 1.25 bits per heavy atom. The molecule has 232 valence electrons. The highest BCUT2D eigenvalue weighted by molar-refractivity contribution is 7.32. The molecule has 0 N–H and O–H groups in total. The van der Waals surface area contributed by atoms with E-state index >= 15 is 0 Å². The first-order valence-electron chi connectivity index (χ1n) is 15.6. The quantitative estimate of drug-likeness (QED) is 0.132. The summed E-state index contributed by atoms with van der Waals surface area (Å²) in [7, 11) is 0. The van der Waals surface area contributed by atoms with E-state index < -0.39 is 0 Å². The van der Waals surface area contributed by atoms with E-state index in [0.717, 1.165) is 22.7 Å². The van der Waals surface area contributed by atoms with Crippen LogP contribution in [0.3, 0.4) is 0 Å². The number of ether oxygens (including phenoxy) is 2. The summed E-state index contributed by atoms with van der Waals surface area (Å²) in [5.74, 6) is 0.0597. The van der Waals surface area contributed by atoms with Crippen molar-refractivity contribution < 1.29 is 28.7 Å². The Morgan fingerprint density at radius 3 is 1.80 bits per heavy atom. The normalized spacial score (nSPS) is 22.2. The lowest BCUT2D eigenvalue weighted by molar-refractivity contribution is -0.141. The van der Waals surface area contributed by atoms with Gasteiger partial charge in [-0.1, -0.05) is 13.3 Å². The second-order valence-corrected chi connectivity index (χ2v) is 15.5. The molecule has 2 fully saturated rings. The Kier molecular flexibility index (Phi) is 9.31. The van der Waals surface area contributed by atoms with Crippen LogP contribution in [0.5, 0.6) is 11.5 Å². The number of carbonyl (C=O) groups excluding carboxylic acids is 4. The van der Waals surface area contributed by atoms with Gasteiger partial charge in [-0.05, 0) is 95.9 Å². The Labute approximate surface area is 269 Å². The molecular formula is C34H37NO6S3. The number of ketones is 2. The number of thiophene rings is 2. The number of thiazole rings is 1. The van der Waals surface area contributed by atoms with Gasteiger partial charge in [-0.25, -0.2) is 4.98 Å². The lowest BCUT2D eigenvalue weighted by Gasteiger charge is -2.25. The molecule has 10 heteroatoms. The molecule has 0 aliphatic heterocycles. The second-order valence-electron chi connectivity index (χ2n) is 12.2. The van der Waals surface area contributed by atoms with Crippen molar-refractivity contribution in [3.8, 4) is 21.4 Å². The van der Waals surface area contributed by atoms with E-state index in [2.05, 4.69) is 19.1 Å². The molecule has 4 aromatic rings.